The number of anilines is 2. The second-order valence-corrected chi connectivity index (χ2v) is 8.77. The Labute approximate surface area is 190 Å². The third-order valence-electron chi connectivity index (χ3n) is 6.30. The summed E-state index contributed by atoms with van der Waals surface area (Å²) in [5.41, 5.74) is 5.25. The van der Waals surface area contributed by atoms with Crippen molar-refractivity contribution >= 4 is 22.7 Å². The standard InChI is InChI=1S/C24H25N7O2/c1-14(32)21-11-19(7-9-26-21)30-22-20(23(33)31(30)18-4-5-18)13-27-24(29-22)28-17-3-2-15-6-8-25-12-16(15)10-17/h2-3,7,9-11,13-14,18,25,32H,4-6,8,12H2,1H3,(H,27,28,29). The maximum absolute atomic E-state index is 13.2. The molecule has 33 heavy (non-hydrogen) atoms. The zero-order chi connectivity index (χ0) is 22.5. The van der Waals surface area contributed by atoms with Crippen molar-refractivity contribution in [2.75, 3.05) is 11.9 Å². The van der Waals surface area contributed by atoms with E-state index >= 15 is 0 Å². The summed E-state index contributed by atoms with van der Waals surface area (Å²) in [7, 11) is 0. The van der Waals surface area contributed by atoms with E-state index in [1.165, 1.54) is 11.1 Å². The van der Waals surface area contributed by atoms with Crippen molar-refractivity contribution < 1.29 is 5.11 Å². The summed E-state index contributed by atoms with van der Waals surface area (Å²) in [6, 6.07) is 10.1. The lowest BCUT2D eigenvalue weighted by Gasteiger charge is -2.18. The first-order chi connectivity index (χ1) is 16.1. The number of aliphatic hydroxyl groups excluding tert-OH is 1. The molecular weight excluding hydrogens is 418 g/mol. The Hall–Kier alpha value is -3.56. The minimum atomic E-state index is -0.710. The van der Waals surface area contributed by atoms with Crippen molar-refractivity contribution in [1.82, 2.24) is 29.6 Å². The van der Waals surface area contributed by atoms with Crippen LogP contribution in [0.15, 0.2) is 47.5 Å². The quantitative estimate of drug-likeness (QED) is 0.435. The van der Waals surface area contributed by atoms with Gasteiger partial charge in [0, 0.05) is 24.6 Å². The molecule has 4 heterocycles. The third-order valence-corrected chi connectivity index (χ3v) is 6.30. The monoisotopic (exact) mass is 443 g/mol. The molecule has 0 bridgehead atoms. The van der Waals surface area contributed by atoms with Crippen LogP contribution >= 0.6 is 0 Å². The lowest BCUT2D eigenvalue weighted by Crippen LogP contribution is -2.23. The molecule has 0 radical (unpaired) electrons. The van der Waals surface area contributed by atoms with Gasteiger partial charge >= 0.3 is 0 Å². The molecule has 0 amide bonds. The molecule has 3 N–H and O–H groups in total. The van der Waals surface area contributed by atoms with Gasteiger partial charge in [-0.25, -0.2) is 14.3 Å². The molecule has 1 saturated carbocycles. The Morgan fingerprint density at radius 2 is 2.06 bits per heavy atom. The predicted molar refractivity (Wildman–Crippen MR) is 125 cm³/mol. The van der Waals surface area contributed by atoms with Crippen LogP contribution in [0, 0.1) is 0 Å². The summed E-state index contributed by atoms with van der Waals surface area (Å²) in [5.74, 6) is 0.428. The number of pyridine rings is 1. The molecule has 1 fully saturated rings. The van der Waals surface area contributed by atoms with Crippen LogP contribution in [0.5, 0.6) is 0 Å². The second kappa shape index (κ2) is 7.79. The van der Waals surface area contributed by atoms with Crippen LogP contribution in [-0.2, 0) is 13.0 Å². The maximum atomic E-state index is 13.2. The first-order valence-corrected chi connectivity index (χ1v) is 11.3. The van der Waals surface area contributed by atoms with Crippen molar-refractivity contribution in [2.24, 2.45) is 0 Å². The Morgan fingerprint density at radius 1 is 1.18 bits per heavy atom. The summed E-state index contributed by atoms with van der Waals surface area (Å²) < 4.78 is 3.60. The van der Waals surface area contributed by atoms with E-state index in [0.717, 1.165) is 43.7 Å². The van der Waals surface area contributed by atoms with E-state index in [1.54, 1.807) is 30.1 Å². The number of benzene rings is 1. The van der Waals surface area contributed by atoms with Crippen molar-refractivity contribution in [1.29, 1.82) is 0 Å². The summed E-state index contributed by atoms with van der Waals surface area (Å²) in [4.78, 5) is 26.7. The predicted octanol–water partition coefficient (Wildman–Crippen LogP) is 2.75. The highest BCUT2D eigenvalue weighted by Crippen LogP contribution is 2.36. The molecule has 6 rings (SSSR count). The fourth-order valence-electron chi connectivity index (χ4n) is 4.44. The molecule has 0 spiro atoms. The molecule has 9 nitrogen and oxygen atoms in total. The van der Waals surface area contributed by atoms with Gasteiger partial charge in [0.1, 0.15) is 5.39 Å². The Kier molecular flexibility index (Phi) is 4.74. The molecule has 1 unspecified atom stereocenters. The highest BCUT2D eigenvalue weighted by Gasteiger charge is 2.31. The van der Waals surface area contributed by atoms with Gasteiger partial charge in [-0.15, -0.1) is 0 Å². The molecular formula is C24H25N7O2. The van der Waals surface area contributed by atoms with E-state index in [0.29, 0.717) is 22.7 Å². The van der Waals surface area contributed by atoms with Crippen LogP contribution in [0.2, 0.25) is 0 Å². The maximum Gasteiger partial charge on any atom is 0.278 e. The van der Waals surface area contributed by atoms with E-state index < -0.39 is 6.10 Å². The average Bonchev–Trinajstić information content (AvgIpc) is 3.63. The normalized spacial score (nSPS) is 16.5. The van der Waals surface area contributed by atoms with Crippen LogP contribution in [0.4, 0.5) is 11.6 Å². The molecule has 2 aliphatic rings. The van der Waals surface area contributed by atoms with E-state index in [1.807, 2.05) is 16.8 Å². The lowest BCUT2D eigenvalue weighted by molar-refractivity contribution is 0.194. The number of hydrogen-bond donors (Lipinski definition) is 3. The SMILES string of the molecule is CC(O)c1cc(-n2c3nc(Nc4ccc5c(c4)CNCC5)ncc3c(=O)n2C2CC2)ccn1. The van der Waals surface area contributed by atoms with Gasteiger partial charge in [0.2, 0.25) is 5.95 Å². The number of nitrogens with zero attached hydrogens (tertiary/aromatic N) is 5. The Morgan fingerprint density at radius 3 is 2.88 bits per heavy atom. The van der Waals surface area contributed by atoms with Crippen LogP contribution in [-0.4, -0.2) is 36.0 Å². The zero-order valence-electron chi connectivity index (χ0n) is 18.3. The number of nitrogens with one attached hydrogen (secondary N) is 2. The molecule has 1 atom stereocenters. The lowest BCUT2D eigenvalue weighted by atomic mass is 10.0. The molecule has 3 aromatic heterocycles. The Bertz CT molecular complexity index is 1420. The van der Waals surface area contributed by atoms with Gasteiger partial charge in [0.05, 0.1) is 23.5 Å². The summed E-state index contributed by atoms with van der Waals surface area (Å²) in [6.45, 7) is 3.52. The molecule has 168 valence electrons. The van der Waals surface area contributed by atoms with E-state index in [-0.39, 0.29) is 11.6 Å². The van der Waals surface area contributed by atoms with Crippen LogP contribution in [0.25, 0.3) is 16.7 Å². The second-order valence-electron chi connectivity index (χ2n) is 8.77. The van der Waals surface area contributed by atoms with Crippen LogP contribution < -0.4 is 16.2 Å². The Balaban J connectivity index is 1.46. The van der Waals surface area contributed by atoms with Gasteiger partial charge in [-0.3, -0.25) is 9.78 Å². The van der Waals surface area contributed by atoms with Crippen molar-refractivity contribution in [2.45, 2.75) is 44.9 Å². The number of rotatable bonds is 5. The van der Waals surface area contributed by atoms with Crippen LogP contribution in [0.3, 0.4) is 0 Å². The van der Waals surface area contributed by atoms with Crippen LogP contribution in [0.1, 0.15) is 48.7 Å². The van der Waals surface area contributed by atoms with Gasteiger partial charge in [0.15, 0.2) is 5.65 Å². The van der Waals surface area contributed by atoms with Gasteiger partial charge in [0.25, 0.3) is 5.56 Å². The number of aliphatic hydroxyl groups is 1. The highest BCUT2D eigenvalue weighted by molar-refractivity contribution is 5.77. The van der Waals surface area contributed by atoms with Gasteiger partial charge in [-0.05, 0) is 68.1 Å². The fourth-order valence-corrected chi connectivity index (χ4v) is 4.44. The number of hydrogen-bond acceptors (Lipinski definition) is 7. The molecule has 0 saturated heterocycles. The molecule has 9 heteroatoms. The first kappa shape index (κ1) is 20.1. The largest absolute Gasteiger partial charge is 0.387 e. The first-order valence-electron chi connectivity index (χ1n) is 11.3. The molecule has 1 aliphatic carbocycles. The van der Waals surface area contributed by atoms with Crippen molar-refractivity contribution in [3.63, 3.8) is 0 Å². The third kappa shape index (κ3) is 3.59. The molecule has 1 aromatic carbocycles. The highest BCUT2D eigenvalue weighted by atomic mass is 16.3. The minimum Gasteiger partial charge on any atom is -0.387 e. The molecule has 4 aromatic rings. The smallest absolute Gasteiger partial charge is 0.278 e. The molecule has 1 aliphatic heterocycles. The summed E-state index contributed by atoms with van der Waals surface area (Å²) in [6.07, 6.45) is 5.46. The number of aromatic nitrogens is 5. The van der Waals surface area contributed by atoms with E-state index in [9.17, 15) is 9.90 Å². The number of fused-ring (bicyclic) bond motifs is 2. The average molecular weight is 444 g/mol. The van der Waals surface area contributed by atoms with Crippen molar-refractivity contribution in [3.05, 3.63) is 69.9 Å². The van der Waals surface area contributed by atoms with E-state index in [2.05, 4.69) is 32.7 Å². The minimum absolute atomic E-state index is 0.102. The zero-order valence-corrected chi connectivity index (χ0v) is 18.3. The summed E-state index contributed by atoms with van der Waals surface area (Å²) >= 11 is 0. The summed E-state index contributed by atoms with van der Waals surface area (Å²) in [5, 5.41) is 17.2. The van der Waals surface area contributed by atoms with Crippen molar-refractivity contribution in [3.8, 4) is 5.69 Å². The van der Waals surface area contributed by atoms with E-state index in [4.69, 9.17) is 4.98 Å². The van der Waals surface area contributed by atoms with Gasteiger partial charge in [-0.2, -0.15) is 4.98 Å². The topological polar surface area (TPSA) is 110 Å². The van der Waals surface area contributed by atoms with Gasteiger partial charge in [-0.1, -0.05) is 6.07 Å². The van der Waals surface area contributed by atoms with Gasteiger partial charge < -0.3 is 15.7 Å². The fraction of sp³-hybridized carbons (Fsp3) is 0.333.